The third-order valence-electron chi connectivity index (χ3n) is 4.51. The average molecular weight is 295 g/mol. The van der Waals surface area contributed by atoms with E-state index in [1.807, 2.05) is 0 Å². The molecular weight excluding hydrogens is 273 g/mol. The number of rotatable bonds is 4. The molecule has 1 spiro atoms. The van der Waals surface area contributed by atoms with Gasteiger partial charge in [-0.05, 0) is 43.5 Å². The van der Waals surface area contributed by atoms with Crippen LogP contribution < -0.4 is 4.74 Å². The molecule has 2 fully saturated rings. The minimum absolute atomic E-state index is 0.261. The van der Waals surface area contributed by atoms with Crippen molar-refractivity contribution in [2.24, 2.45) is 0 Å². The van der Waals surface area contributed by atoms with Gasteiger partial charge in [-0.25, -0.2) is 4.39 Å². The Kier molecular flexibility index (Phi) is 4.42. The summed E-state index contributed by atoms with van der Waals surface area (Å²) >= 11 is 0. The van der Waals surface area contributed by atoms with E-state index in [0.29, 0.717) is 18.9 Å². The Morgan fingerprint density at radius 3 is 2.81 bits per heavy atom. The van der Waals surface area contributed by atoms with E-state index in [9.17, 15) is 9.50 Å². The van der Waals surface area contributed by atoms with Gasteiger partial charge in [0, 0.05) is 26.2 Å². The number of nitrogens with zero attached hydrogens (tertiary/aromatic N) is 1. The molecule has 3 rings (SSSR count). The van der Waals surface area contributed by atoms with E-state index < -0.39 is 6.10 Å². The van der Waals surface area contributed by atoms with Crippen LogP contribution in [0.4, 0.5) is 4.39 Å². The molecule has 1 aromatic rings. The predicted octanol–water partition coefficient (Wildman–Crippen LogP) is 1.82. The van der Waals surface area contributed by atoms with Crippen molar-refractivity contribution in [3.8, 4) is 5.75 Å². The molecule has 1 N–H and O–H groups in total. The van der Waals surface area contributed by atoms with E-state index in [1.54, 1.807) is 12.1 Å². The van der Waals surface area contributed by atoms with E-state index in [0.717, 1.165) is 39.0 Å². The maximum Gasteiger partial charge on any atom is 0.123 e. The largest absolute Gasteiger partial charge is 0.492 e. The zero-order chi connectivity index (χ0) is 14.7. The summed E-state index contributed by atoms with van der Waals surface area (Å²) in [6, 6.07) is 6.03. The fraction of sp³-hybridized carbons (Fsp3) is 0.625. The number of ether oxygens (including phenoxy) is 2. The van der Waals surface area contributed by atoms with E-state index in [4.69, 9.17) is 9.47 Å². The fourth-order valence-electron chi connectivity index (χ4n) is 3.22. The fourth-order valence-corrected chi connectivity index (χ4v) is 3.22. The van der Waals surface area contributed by atoms with Gasteiger partial charge in [0.25, 0.3) is 0 Å². The summed E-state index contributed by atoms with van der Waals surface area (Å²) in [7, 11) is 0. The highest BCUT2D eigenvalue weighted by Gasteiger charge is 2.45. The number of benzene rings is 1. The Hall–Kier alpha value is -1.17. The first-order valence-corrected chi connectivity index (χ1v) is 7.61. The zero-order valence-corrected chi connectivity index (χ0v) is 12.1. The second-order valence-electron chi connectivity index (χ2n) is 5.89. The van der Waals surface area contributed by atoms with E-state index in [2.05, 4.69) is 4.90 Å². The van der Waals surface area contributed by atoms with Gasteiger partial charge in [0.05, 0.1) is 11.7 Å². The van der Waals surface area contributed by atoms with Crippen LogP contribution in [-0.4, -0.2) is 54.6 Å². The average Bonchev–Trinajstić information content (AvgIpc) is 2.95. The van der Waals surface area contributed by atoms with Crippen molar-refractivity contribution in [3.05, 3.63) is 30.1 Å². The topological polar surface area (TPSA) is 41.9 Å². The van der Waals surface area contributed by atoms with Crippen molar-refractivity contribution >= 4 is 0 Å². The lowest BCUT2D eigenvalue weighted by Gasteiger charge is -2.42. The third kappa shape index (κ3) is 3.36. The Morgan fingerprint density at radius 2 is 2.14 bits per heavy atom. The number of β-amino-alcohol motifs (C(OH)–C–C–N with tert-alkyl or cyclic N) is 1. The Balaban J connectivity index is 1.43. The molecule has 0 radical (unpaired) electrons. The van der Waals surface area contributed by atoms with Crippen LogP contribution >= 0.6 is 0 Å². The third-order valence-corrected chi connectivity index (χ3v) is 4.51. The minimum Gasteiger partial charge on any atom is -0.492 e. The van der Waals surface area contributed by atoms with Gasteiger partial charge in [0.2, 0.25) is 0 Å². The molecule has 5 heteroatoms. The summed E-state index contributed by atoms with van der Waals surface area (Å²) in [6.45, 7) is 3.61. The predicted molar refractivity (Wildman–Crippen MR) is 76.9 cm³/mol. The number of likely N-dealkylation sites (tertiary alicyclic amines) is 1. The molecular formula is C16H22FNO3. The molecule has 2 heterocycles. The Morgan fingerprint density at radius 1 is 1.33 bits per heavy atom. The molecule has 2 aliphatic rings. The molecule has 2 saturated heterocycles. The molecule has 0 unspecified atom stereocenters. The SMILES string of the molecule is O[C@H]1CN(CCOc2ccc(F)cc2)CC[C@@]12CCCO2. The minimum atomic E-state index is -0.417. The van der Waals surface area contributed by atoms with Crippen LogP contribution in [0.25, 0.3) is 0 Å². The molecule has 4 nitrogen and oxygen atoms in total. The van der Waals surface area contributed by atoms with Gasteiger partial charge >= 0.3 is 0 Å². The summed E-state index contributed by atoms with van der Waals surface area (Å²) < 4.78 is 24.2. The lowest BCUT2D eigenvalue weighted by atomic mass is 9.86. The highest BCUT2D eigenvalue weighted by Crippen LogP contribution is 2.35. The van der Waals surface area contributed by atoms with E-state index in [1.165, 1.54) is 12.1 Å². The Bertz CT molecular complexity index is 459. The van der Waals surface area contributed by atoms with Crippen molar-refractivity contribution in [3.63, 3.8) is 0 Å². The number of aliphatic hydroxyl groups is 1. The van der Waals surface area contributed by atoms with Crippen molar-refractivity contribution in [2.75, 3.05) is 32.8 Å². The van der Waals surface area contributed by atoms with Crippen molar-refractivity contribution < 1.29 is 19.0 Å². The van der Waals surface area contributed by atoms with Crippen LogP contribution in [0.1, 0.15) is 19.3 Å². The van der Waals surface area contributed by atoms with Crippen molar-refractivity contribution in [1.29, 1.82) is 0 Å². The molecule has 0 saturated carbocycles. The molecule has 21 heavy (non-hydrogen) atoms. The van der Waals surface area contributed by atoms with Gasteiger partial charge in [0.15, 0.2) is 0 Å². The summed E-state index contributed by atoms with van der Waals surface area (Å²) in [6.07, 6.45) is 2.48. The molecule has 1 aromatic carbocycles. The normalized spacial score (nSPS) is 29.9. The number of hydrogen-bond acceptors (Lipinski definition) is 4. The molecule has 0 amide bonds. The molecule has 0 aliphatic carbocycles. The molecule has 0 aromatic heterocycles. The highest BCUT2D eigenvalue weighted by molar-refractivity contribution is 5.21. The summed E-state index contributed by atoms with van der Waals surface area (Å²) in [5.74, 6) is 0.410. The summed E-state index contributed by atoms with van der Waals surface area (Å²) in [5.41, 5.74) is -0.297. The summed E-state index contributed by atoms with van der Waals surface area (Å²) in [4.78, 5) is 2.20. The number of halogens is 1. The quantitative estimate of drug-likeness (QED) is 0.920. The lowest BCUT2D eigenvalue weighted by molar-refractivity contribution is -0.129. The van der Waals surface area contributed by atoms with Gasteiger partial charge < -0.3 is 14.6 Å². The maximum atomic E-state index is 12.8. The van der Waals surface area contributed by atoms with Crippen LogP contribution in [-0.2, 0) is 4.74 Å². The van der Waals surface area contributed by atoms with Crippen LogP contribution in [0.15, 0.2) is 24.3 Å². The summed E-state index contributed by atoms with van der Waals surface area (Å²) in [5, 5.41) is 10.3. The first kappa shape index (κ1) is 14.8. The number of hydrogen-bond donors (Lipinski definition) is 1. The standard InChI is InChI=1S/C16H22FNO3/c17-13-2-4-14(5-3-13)20-11-9-18-8-7-16(15(19)12-18)6-1-10-21-16/h2-5,15,19H,1,6-12H2/t15-,16-/m0/s1. The number of aliphatic hydroxyl groups excluding tert-OH is 1. The van der Waals surface area contributed by atoms with Gasteiger partial charge in [-0.1, -0.05) is 0 Å². The van der Waals surface area contributed by atoms with Gasteiger partial charge in [-0.3, -0.25) is 4.90 Å². The van der Waals surface area contributed by atoms with Crippen LogP contribution in [0.3, 0.4) is 0 Å². The number of piperidine rings is 1. The molecule has 2 atom stereocenters. The van der Waals surface area contributed by atoms with Crippen LogP contribution in [0.5, 0.6) is 5.75 Å². The molecule has 116 valence electrons. The highest BCUT2D eigenvalue weighted by atomic mass is 19.1. The second-order valence-corrected chi connectivity index (χ2v) is 5.89. The first-order valence-electron chi connectivity index (χ1n) is 7.61. The smallest absolute Gasteiger partial charge is 0.123 e. The molecule has 2 aliphatic heterocycles. The monoisotopic (exact) mass is 295 g/mol. The van der Waals surface area contributed by atoms with Crippen molar-refractivity contribution in [2.45, 2.75) is 31.0 Å². The van der Waals surface area contributed by atoms with Gasteiger partial charge in [-0.2, -0.15) is 0 Å². The van der Waals surface area contributed by atoms with E-state index >= 15 is 0 Å². The Labute approximate surface area is 124 Å². The van der Waals surface area contributed by atoms with Gasteiger partial charge in [0.1, 0.15) is 18.2 Å². The van der Waals surface area contributed by atoms with Gasteiger partial charge in [-0.15, -0.1) is 0 Å². The first-order chi connectivity index (χ1) is 10.2. The second kappa shape index (κ2) is 6.30. The van der Waals surface area contributed by atoms with Crippen LogP contribution in [0.2, 0.25) is 0 Å². The van der Waals surface area contributed by atoms with Crippen LogP contribution in [0, 0.1) is 5.82 Å². The maximum absolute atomic E-state index is 12.8. The van der Waals surface area contributed by atoms with Crippen molar-refractivity contribution in [1.82, 2.24) is 4.90 Å². The van der Waals surface area contributed by atoms with E-state index in [-0.39, 0.29) is 11.4 Å². The lowest BCUT2D eigenvalue weighted by Crippen LogP contribution is -2.55. The molecule has 0 bridgehead atoms. The zero-order valence-electron chi connectivity index (χ0n) is 12.1.